The van der Waals surface area contributed by atoms with Crippen molar-refractivity contribution in [3.63, 3.8) is 0 Å². The second-order valence-corrected chi connectivity index (χ2v) is 4.21. The maximum Gasteiger partial charge on any atom is 0.154 e. The minimum absolute atomic E-state index is 0.139. The van der Waals surface area contributed by atoms with E-state index >= 15 is 0 Å². The van der Waals surface area contributed by atoms with E-state index in [1.807, 2.05) is 0 Å². The predicted molar refractivity (Wildman–Crippen MR) is 79.9 cm³/mol. The molecule has 0 aliphatic heterocycles. The minimum Gasteiger partial charge on any atom is -0.505 e. The first-order valence-electron chi connectivity index (χ1n) is 5.66. The number of phenols is 2. The van der Waals surface area contributed by atoms with E-state index in [0.29, 0.717) is 11.1 Å². The van der Waals surface area contributed by atoms with Gasteiger partial charge in [0.1, 0.15) is 0 Å². The molecule has 0 saturated heterocycles. The van der Waals surface area contributed by atoms with Crippen LogP contribution in [0.1, 0.15) is 11.1 Å². The Labute approximate surface area is 116 Å². The Morgan fingerprint density at radius 2 is 1.10 bits per heavy atom. The van der Waals surface area contributed by atoms with Crippen LogP contribution in [0, 0.1) is 24.7 Å². The highest BCUT2D eigenvalue weighted by atomic mass is 16.3. The number of nitrogen functional groups attached to an aromatic ring is 2. The van der Waals surface area contributed by atoms with Crippen molar-refractivity contribution in [2.45, 2.75) is 0 Å². The van der Waals surface area contributed by atoms with Crippen LogP contribution in [0.3, 0.4) is 0 Å². The van der Waals surface area contributed by atoms with Gasteiger partial charge in [-0.25, -0.2) is 0 Å². The third-order valence-electron chi connectivity index (χ3n) is 2.92. The number of aromatic hydroxyl groups is 2. The van der Waals surface area contributed by atoms with Gasteiger partial charge in [-0.3, -0.25) is 0 Å². The lowest BCUT2D eigenvalue weighted by Crippen LogP contribution is -1.93. The molecule has 0 aromatic heterocycles. The lowest BCUT2D eigenvalue weighted by atomic mass is 9.98. The van der Waals surface area contributed by atoms with Gasteiger partial charge in [0.15, 0.2) is 11.5 Å². The van der Waals surface area contributed by atoms with Crippen LogP contribution in [-0.2, 0) is 0 Å². The number of anilines is 2. The number of nitrogens with two attached hydrogens (primary N) is 2. The van der Waals surface area contributed by atoms with Gasteiger partial charge in [0, 0.05) is 0 Å². The Hall–Kier alpha value is -3.24. The third-order valence-corrected chi connectivity index (χ3v) is 2.92. The molecule has 0 aliphatic rings. The van der Waals surface area contributed by atoms with Crippen molar-refractivity contribution >= 4 is 11.4 Å². The highest BCUT2D eigenvalue weighted by molar-refractivity contribution is 5.79. The summed E-state index contributed by atoms with van der Waals surface area (Å²) in [6, 6.07) is 6.31. The topological polar surface area (TPSA) is 92.5 Å². The van der Waals surface area contributed by atoms with E-state index < -0.39 is 0 Å². The number of terminal acetylenes is 2. The first-order chi connectivity index (χ1) is 9.47. The molecule has 0 heterocycles. The van der Waals surface area contributed by atoms with E-state index in [-0.39, 0.29) is 34.0 Å². The number of phenolic OH excluding ortho intramolecular Hbond substituents is 2. The highest BCUT2D eigenvalue weighted by Gasteiger charge is 2.11. The summed E-state index contributed by atoms with van der Waals surface area (Å²) in [5, 5.41) is 19.4. The van der Waals surface area contributed by atoms with Crippen molar-refractivity contribution in [3.8, 4) is 47.3 Å². The molecule has 98 valence electrons. The van der Waals surface area contributed by atoms with Gasteiger partial charge in [-0.15, -0.1) is 12.8 Å². The SMILES string of the molecule is C#Cc1cc(-c2cc(N)c(O)c(C#C)c2)cc(N)c1O. The normalized spacial score (nSPS) is 9.70. The van der Waals surface area contributed by atoms with Crippen molar-refractivity contribution in [2.24, 2.45) is 0 Å². The van der Waals surface area contributed by atoms with Crippen LogP contribution in [0.5, 0.6) is 11.5 Å². The second kappa shape index (κ2) is 4.79. The van der Waals surface area contributed by atoms with Crippen LogP contribution in [0.25, 0.3) is 11.1 Å². The Balaban J connectivity index is 2.70. The van der Waals surface area contributed by atoms with Gasteiger partial charge in [-0.05, 0) is 35.4 Å². The van der Waals surface area contributed by atoms with Crippen LogP contribution < -0.4 is 11.5 Å². The molecule has 0 unspecified atom stereocenters. The molecule has 0 atom stereocenters. The molecule has 0 aliphatic carbocycles. The summed E-state index contributed by atoms with van der Waals surface area (Å²) in [6.45, 7) is 0. The fraction of sp³-hybridized carbons (Fsp3) is 0. The van der Waals surface area contributed by atoms with Gasteiger partial charge in [-0.2, -0.15) is 0 Å². The number of hydrogen-bond donors (Lipinski definition) is 4. The van der Waals surface area contributed by atoms with Crippen LogP contribution >= 0.6 is 0 Å². The van der Waals surface area contributed by atoms with Crippen molar-refractivity contribution in [3.05, 3.63) is 35.4 Å². The van der Waals surface area contributed by atoms with E-state index in [2.05, 4.69) is 11.8 Å². The molecule has 0 radical (unpaired) electrons. The summed E-state index contributed by atoms with van der Waals surface area (Å²) in [4.78, 5) is 0. The molecule has 2 aromatic rings. The number of hydrogen-bond acceptors (Lipinski definition) is 4. The Morgan fingerprint density at radius 3 is 1.40 bits per heavy atom. The highest BCUT2D eigenvalue weighted by Crippen LogP contribution is 2.35. The second-order valence-electron chi connectivity index (χ2n) is 4.21. The van der Waals surface area contributed by atoms with Crippen molar-refractivity contribution in [2.75, 3.05) is 11.5 Å². The summed E-state index contributed by atoms with van der Waals surface area (Å²) in [5.41, 5.74) is 13.6. The standard InChI is InChI=1S/C16H12N2O2/c1-3-9-5-11(7-13(17)15(9)19)12-6-10(4-2)16(20)14(18)8-12/h1-2,5-8,19-20H,17-18H2. The van der Waals surface area contributed by atoms with E-state index in [4.69, 9.17) is 24.3 Å². The first-order valence-corrected chi connectivity index (χ1v) is 5.66. The van der Waals surface area contributed by atoms with Crippen molar-refractivity contribution in [1.29, 1.82) is 0 Å². The molecule has 0 fully saturated rings. The molecule has 0 amide bonds. The van der Waals surface area contributed by atoms with Crippen molar-refractivity contribution < 1.29 is 10.2 Å². The average molecular weight is 264 g/mol. The van der Waals surface area contributed by atoms with Crippen LogP contribution in [0.2, 0.25) is 0 Å². The lowest BCUT2D eigenvalue weighted by molar-refractivity contribution is 0.476. The van der Waals surface area contributed by atoms with Crippen LogP contribution in [0.4, 0.5) is 11.4 Å². The van der Waals surface area contributed by atoms with E-state index in [9.17, 15) is 10.2 Å². The smallest absolute Gasteiger partial charge is 0.154 e. The largest absolute Gasteiger partial charge is 0.505 e. The van der Waals surface area contributed by atoms with Gasteiger partial charge >= 0.3 is 0 Å². The predicted octanol–water partition coefficient (Wildman–Crippen LogP) is 1.89. The zero-order valence-electron chi connectivity index (χ0n) is 10.5. The molecule has 0 bridgehead atoms. The van der Waals surface area contributed by atoms with Crippen LogP contribution in [-0.4, -0.2) is 10.2 Å². The van der Waals surface area contributed by atoms with Gasteiger partial charge in [0.05, 0.1) is 22.5 Å². The monoisotopic (exact) mass is 264 g/mol. The molecule has 2 rings (SSSR count). The summed E-state index contributed by atoms with van der Waals surface area (Å²) in [6.07, 6.45) is 10.6. The van der Waals surface area contributed by atoms with E-state index in [1.165, 1.54) is 0 Å². The van der Waals surface area contributed by atoms with E-state index in [0.717, 1.165) is 0 Å². The zero-order valence-corrected chi connectivity index (χ0v) is 10.5. The third kappa shape index (κ3) is 2.07. The first kappa shape index (κ1) is 13.2. The minimum atomic E-state index is -0.139. The molecule has 4 nitrogen and oxygen atoms in total. The molecule has 4 heteroatoms. The Morgan fingerprint density at radius 1 is 0.750 bits per heavy atom. The van der Waals surface area contributed by atoms with E-state index in [1.54, 1.807) is 24.3 Å². The summed E-state index contributed by atoms with van der Waals surface area (Å²) >= 11 is 0. The average Bonchev–Trinajstić information content (AvgIpc) is 2.44. The molecular formula is C16H12N2O2. The maximum atomic E-state index is 9.70. The maximum absolute atomic E-state index is 9.70. The Bertz CT molecular complexity index is 713. The fourth-order valence-electron chi connectivity index (χ4n) is 1.87. The van der Waals surface area contributed by atoms with Gasteiger partial charge in [0.2, 0.25) is 0 Å². The van der Waals surface area contributed by atoms with Gasteiger partial charge in [0.25, 0.3) is 0 Å². The molecule has 20 heavy (non-hydrogen) atoms. The fourth-order valence-corrected chi connectivity index (χ4v) is 1.87. The van der Waals surface area contributed by atoms with Gasteiger partial charge in [-0.1, -0.05) is 11.8 Å². The molecule has 6 N–H and O–H groups in total. The summed E-state index contributed by atoms with van der Waals surface area (Å²) in [5.74, 6) is 4.42. The Kier molecular flexibility index (Phi) is 3.16. The summed E-state index contributed by atoms with van der Waals surface area (Å²) < 4.78 is 0. The molecule has 0 spiro atoms. The molecular weight excluding hydrogens is 252 g/mol. The van der Waals surface area contributed by atoms with Gasteiger partial charge < -0.3 is 21.7 Å². The summed E-state index contributed by atoms with van der Waals surface area (Å²) in [7, 11) is 0. The number of benzene rings is 2. The zero-order chi connectivity index (χ0) is 14.9. The molecule has 2 aromatic carbocycles. The lowest BCUT2D eigenvalue weighted by Gasteiger charge is -2.10. The molecule has 0 saturated carbocycles. The van der Waals surface area contributed by atoms with Crippen LogP contribution in [0.15, 0.2) is 24.3 Å². The number of rotatable bonds is 1. The van der Waals surface area contributed by atoms with Crippen molar-refractivity contribution in [1.82, 2.24) is 0 Å². The quantitative estimate of drug-likeness (QED) is 0.359.